The van der Waals surface area contributed by atoms with Gasteiger partial charge in [0.2, 0.25) is 6.08 Å². The number of fused-ring (bicyclic) bond motifs is 2. The number of aromatic nitrogens is 2. The van der Waals surface area contributed by atoms with Crippen molar-refractivity contribution in [2.24, 2.45) is 4.99 Å². The van der Waals surface area contributed by atoms with Crippen LogP contribution in [0.15, 0.2) is 108 Å². The molecule has 292 valence electrons. The fraction of sp³-hybridized carbons (Fsp3) is 0.238. The molecule has 6 aromatic rings. The van der Waals surface area contributed by atoms with E-state index in [2.05, 4.69) is 69.6 Å². The number of carbonyl (C=O) groups is 1. The lowest BCUT2D eigenvalue weighted by atomic mass is 10.1. The van der Waals surface area contributed by atoms with Gasteiger partial charge in [-0.05, 0) is 130 Å². The Bertz CT molecular complexity index is 2480. The molecule has 6 N–H and O–H groups in total. The number of pyridine rings is 2. The minimum Gasteiger partial charge on any atom is -0.395 e. The van der Waals surface area contributed by atoms with Gasteiger partial charge in [-0.25, -0.2) is 9.59 Å². The zero-order valence-electron chi connectivity index (χ0n) is 31.5. The molecule has 56 heavy (non-hydrogen) atoms. The molecule has 2 aromatic heterocycles. The monoisotopic (exact) mass is 886 g/mol. The molecule has 0 unspecified atom stereocenters. The Morgan fingerprint density at radius 2 is 1.32 bits per heavy atom. The first-order valence-electron chi connectivity index (χ1n) is 17.7. The lowest BCUT2D eigenvalue weighted by Crippen LogP contribution is -2.38. The number of isocyanates is 1. The van der Waals surface area contributed by atoms with E-state index in [4.69, 9.17) is 5.11 Å². The minimum absolute atomic E-state index is 0.0695. The Morgan fingerprint density at radius 1 is 0.768 bits per heavy atom. The highest BCUT2D eigenvalue weighted by atomic mass is 79.9. The largest absolute Gasteiger partial charge is 0.395 e. The van der Waals surface area contributed by atoms with E-state index in [1.165, 1.54) is 16.5 Å². The number of aromatic amines is 2. The van der Waals surface area contributed by atoms with Crippen molar-refractivity contribution in [1.29, 1.82) is 0 Å². The number of anilines is 1. The zero-order valence-corrected chi connectivity index (χ0v) is 34.7. The first-order valence-corrected chi connectivity index (χ1v) is 19.2. The number of amides is 2. The van der Waals surface area contributed by atoms with Crippen LogP contribution in [0.5, 0.6) is 0 Å². The predicted octanol–water partition coefficient (Wildman–Crippen LogP) is 7.58. The summed E-state index contributed by atoms with van der Waals surface area (Å²) in [5, 5.41) is 25.9. The Kier molecular flexibility index (Phi) is 16.5. The summed E-state index contributed by atoms with van der Waals surface area (Å²) in [7, 11) is 0. The molecule has 2 amide bonds. The molecule has 0 saturated carbocycles. The molecule has 0 radical (unpaired) electrons. The second-order valence-electron chi connectivity index (χ2n) is 12.9. The van der Waals surface area contributed by atoms with Gasteiger partial charge in [0.25, 0.3) is 11.1 Å². The minimum atomic E-state index is -0.388. The summed E-state index contributed by atoms with van der Waals surface area (Å²) >= 11 is 6.62. The number of nitrogens with zero attached hydrogens (tertiary/aromatic N) is 2. The van der Waals surface area contributed by atoms with Crippen molar-refractivity contribution in [2.75, 3.05) is 31.6 Å². The lowest BCUT2D eigenvalue weighted by Gasteiger charge is -2.22. The number of aliphatic hydroxyl groups is 2. The molecule has 0 atom stereocenters. The number of aryl methyl sites for hydroxylation is 4. The van der Waals surface area contributed by atoms with Crippen LogP contribution in [0.4, 0.5) is 16.2 Å². The molecular weight excluding hydrogens is 844 g/mol. The molecule has 0 saturated heterocycles. The highest BCUT2D eigenvalue weighted by Crippen LogP contribution is 2.24. The molecule has 0 bridgehead atoms. The highest BCUT2D eigenvalue weighted by molar-refractivity contribution is 9.11. The molecule has 0 spiro atoms. The van der Waals surface area contributed by atoms with Crippen LogP contribution < -0.4 is 21.8 Å². The summed E-state index contributed by atoms with van der Waals surface area (Å²) in [6.07, 6.45) is 1.47. The topological polar surface area (TPSA) is 180 Å². The third kappa shape index (κ3) is 12.1. The third-order valence-corrected chi connectivity index (χ3v) is 9.86. The van der Waals surface area contributed by atoms with Gasteiger partial charge >= 0.3 is 6.03 Å². The van der Waals surface area contributed by atoms with Crippen LogP contribution in [0.25, 0.3) is 21.8 Å². The first-order chi connectivity index (χ1) is 26.8. The van der Waals surface area contributed by atoms with Crippen LogP contribution >= 0.6 is 31.9 Å². The van der Waals surface area contributed by atoms with Gasteiger partial charge in [0.05, 0.1) is 42.2 Å². The van der Waals surface area contributed by atoms with Crippen molar-refractivity contribution >= 4 is 77.2 Å². The van der Waals surface area contributed by atoms with Gasteiger partial charge in [0.1, 0.15) is 0 Å². The SMILES string of the molecule is Cc1cc(C)c2[nH]c(=O)c(CN(CCO)C(=O)Nc3ccccc3Br)cc2c1.Cc1cc(C)c2[nH]c(=O)c(CNCCO)cc2c1.O=C=Nc1ccccc1Br. The number of hydrogen-bond donors (Lipinski definition) is 6. The normalized spacial score (nSPS) is 10.5. The average Bonchev–Trinajstić information content (AvgIpc) is 3.15. The number of aliphatic hydroxyl groups excluding tert-OH is 2. The molecule has 12 nitrogen and oxygen atoms in total. The molecule has 2 heterocycles. The van der Waals surface area contributed by atoms with Crippen molar-refractivity contribution < 1.29 is 19.8 Å². The van der Waals surface area contributed by atoms with Crippen LogP contribution in [-0.4, -0.2) is 63.5 Å². The van der Waals surface area contributed by atoms with Gasteiger partial charge in [0.15, 0.2) is 0 Å². The van der Waals surface area contributed by atoms with Crippen LogP contribution in [0, 0.1) is 27.7 Å². The van der Waals surface area contributed by atoms with Gasteiger partial charge in [-0.15, -0.1) is 0 Å². The highest BCUT2D eigenvalue weighted by Gasteiger charge is 2.17. The van der Waals surface area contributed by atoms with Crippen LogP contribution in [0.1, 0.15) is 33.4 Å². The molecule has 4 aromatic carbocycles. The number of H-pyrrole nitrogens is 2. The van der Waals surface area contributed by atoms with E-state index in [9.17, 15) is 24.3 Å². The summed E-state index contributed by atoms with van der Waals surface area (Å²) in [6.45, 7) is 9.03. The standard InChI is InChI=1S/C21H22BrN3O3.C14H18N2O2.C7H4BrNO/c1-13-9-14(2)19-15(10-13)11-16(20(27)24-19)12-25(7-8-26)21(28)23-18-6-4-3-5-17(18)22;1-9-5-10(2)13-11(6-9)7-12(14(18)16-13)8-15-3-4-17;8-6-3-1-2-4-7(6)9-5-10/h3-6,9-11,26H,7-8,12H2,1-2H3,(H,23,28)(H,24,27);5-7,15,17H,3-4,8H2,1-2H3,(H,16,18);1-4H. The number of aliphatic imine (C=N–C) groups is 1. The van der Waals surface area contributed by atoms with Crippen LogP contribution in [0.3, 0.4) is 0 Å². The third-order valence-electron chi connectivity index (χ3n) is 8.50. The van der Waals surface area contributed by atoms with E-state index in [-0.39, 0.29) is 43.5 Å². The molecule has 14 heteroatoms. The molecular formula is C42H44Br2N6O6. The summed E-state index contributed by atoms with van der Waals surface area (Å²) < 4.78 is 1.56. The van der Waals surface area contributed by atoms with Crippen molar-refractivity contribution in [1.82, 2.24) is 20.2 Å². The number of urea groups is 1. The molecule has 0 aliphatic carbocycles. The van der Waals surface area contributed by atoms with Crippen molar-refractivity contribution in [2.45, 2.75) is 40.8 Å². The van der Waals surface area contributed by atoms with E-state index in [0.717, 1.165) is 47.4 Å². The molecule has 6 rings (SSSR count). The summed E-state index contributed by atoms with van der Waals surface area (Å²) in [4.78, 5) is 57.7. The zero-order chi connectivity index (χ0) is 40.8. The van der Waals surface area contributed by atoms with Crippen molar-refractivity contribution in [3.8, 4) is 0 Å². The number of para-hydroxylation sites is 2. The smallest absolute Gasteiger partial charge is 0.322 e. The second kappa shape index (κ2) is 21.2. The van der Waals surface area contributed by atoms with Crippen molar-refractivity contribution in [3.05, 3.63) is 148 Å². The lowest BCUT2D eigenvalue weighted by molar-refractivity contribution is 0.185. The number of benzene rings is 4. The van der Waals surface area contributed by atoms with E-state index in [1.807, 2.05) is 82.3 Å². The van der Waals surface area contributed by atoms with E-state index in [0.29, 0.717) is 35.6 Å². The Labute approximate surface area is 341 Å². The van der Waals surface area contributed by atoms with Gasteiger partial charge in [-0.3, -0.25) is 9.59 Å². The van der Waals surface area contributed by atoms with Crippen molar-refractivity contribution in [3.63, 3.8) is 0 Å². The van der Waals surface area contributed by atoms with E-state index < -0.39 is 0 Å². The Balaban J connectivity index is 0.000000211. The van der Waals surface area contributed by atoms with Crippen LogP contribution in [-0.2, 0) is 17.9 Å². The molecule has 0 fully saturated rings. The first kappa shape index (κ1) is 43.5. The number of carbonyl (C=O) groups excluding carboxylic acids is 2. The average molecular weight is 889 g/mol. The fourth-order valence-electron chi connectivity index (χ4n) is 5.94. The second-order valence-corrected chi connectivity index (χ2v) is 14.7. The number of rotatable bonds is 10. The molecule has 0 aliphatic heterocycles. The predicted molar refractivity (Wildman–Crippen MR) is 229 cm³/mol. The van der Waals surface area contributed by atoms with E-state index >= 15 is 0 Å². The maximum Gasteiger partial charge on any atom is 0.322 e. The Hall–Kier alpha value is -5.21. The van der Waals surface area contributed by atoms with Gasteiger partial charge in [-0.1, -0.05) is 47.5 Å². The number of halogens is 2. The fourth-order valence-corrected chi connectivity index (χ4v) is 6.70. The number of hydrogen-bond acceptors (Lipinski definition) is 8. The van der Waals surface area contributed by atoms with Crippen LogP contribution in [0.2, 0.25) is 0 Å². The quantitative estimate of drug-likeness (QED) is 0.0466. The van der Waals surface area contributed by atoms with E-state index in [1.54, 1.807) is 18.2 Å². The van der Waals surface area contributed by atoms with Gasteiger partial charge in [0, 0.05) is 39.7 Å². The summed E-state index contributed by atoms with van der Waals surface area (Å²) in [5.41, 5.74) is 8.14. The van der Waals surface area contributed by atoms with Gasteiger partial charge in [-0.2, -0.15) is 4.99 Å². The maximum atomic E-state index is 12.7. The summed E-state index contributed by atoms with van der Waals surface area (Å²) in [6, 6.07) is 25.9. The maximum absolute atomic E-state index is 12.7. The number of nitrogens with one attached hydrogen (secondary N) is 4. The molecule has 0 aliphatic rings. The summed E-state index contributed by atoms with van der Waals surface area (Å²) in [5.74, 6) is 0. The van der Waals surface area contributed by atoms with Gasteiger partial charge < -0.3 is 35.7 Å². The Morgan fingerprint density at radius 3 is 1.88 bits per heavy atom.